The summed E-state index contributed by atoms with van der Waals surface area (Å²) in [5.74, 6) is 0. The molecule has 0 amide bonds. The zero-order valence-electron chi connectivity index (χ0n) is 12.0. The second kappa shape index (κ2) is 6.18. The predicted octanol–water partition coefficient (Wildman–Crippen LogP) is 1.89. The van der Waals surface area contributed by atoms with Crippen LogP contribution in [0.25, 0.3) is 0 Å². The molecular formula is C15H29N3. The lowest BCUT2D eigenvalue weighted by atomic mass is 9.98. The Bertz CT molecular complexity index is 298. The van der Waals surface area contributed by atoms with Crippen LogP contribution >= 0.6 is 0 Å². The Morgan fingerprint density at radius 2 is 2.33 bits per heavy atom. The first-order chi connectivity index (χ1) is 8.65. The molecule has 1 heterocycles. The lowest BCUT2D eigenvalue weighted by Crippen LogP contribution is -2.53. The second-order valence-corrected chi connectivity index (χ2v) is 6.23. The van der Waals surface area contributed by atoms with Crippen molar-refractivity contribution in [3.63, 3.8) is 0 Å². The molecule has 3 nitrogen and oxygen atoms in total. The average molecular weight is 251 g/mol. The summed E-state index contributed by atoms with van der Waals surface area (Å²) in [7, 11) is 0. The monoisotopic (exact) mass is 251 g/mol. The molecule has 0 radical (unpaired) electrons. The number of hydrogen-bond donors (Lipinski definition) is 2. The highest BCUT2D eigenvalue weighted by Gasteiger charge is 2.37. The number of hydrogen-bond acceptors (Lipinski definition) is 3. The van der Waals surface area contributed by atoms with E-state index in [1.165, 1.54) is 38.6 Å². The van der Waals surface area contributed by atoms with Gasteiger partial charge in [0.25, 0.3) is 0 Å². The topological polar surface area (TPSA) is 41.3 Å². The normalized spacial score (nSPS) is 29.2. The van der Waals surface area contributed by atoms with E-state index in [1.54, 1.807) is 5.57 Å². The van der Waals surface area contributed by atoms with Crippen LogP contribution in [0, 0.1) is 0 Å². The van der Waals surface area contributed by atoms with Gasteiger partial charge < -0.3 is 11.1 Å². The van der Waals surface area contributed by atoms with Crippen LogP contribution in [-0.4, -0.2) is 42.7 Å². The summed E-state index contributed by atoms with van der Waals surface area (Å²) < 4.78 is 0. The lowest BCUT2D eigenvalue weighted by Gasteiger charge is -2.30. The number of nitrogens with two attached hydrogens (primary N) is 1. The van der Waals surface area contributed by atoms with Crippen molar-refractivity contribution < 1.29 is 0 Å². The Morgan fingerprint density at radius 1 is 1.50 bits per heavy atom. The van der Waals surface area contributed by atoms with Gasteiger partial charge in [-0.1, -0.05) is 11.6 Å². The van der Waals surface area contributed by atoms with Crippen molar-refractivity contribution in [2.24, 2.45) is 5.73 Å². The summed E-state index contributed by atoms with van der Waals surface area (Å²) in [5, 5.41) is 3.75. The maximum Gasteiger partial charge on any atom is 0.0445 e. The molecule has 1 unspecified atom stereocenters. The number of nitrogens with one attached hydrogen (secondary N) is 1. The van der Waals surface area contributed by atoms with Gasteiger partial charge in [-0.3, -0.25) is 4.90 Å². The average Bonchev–Trinajstić information content (AvgIpc) is 2.99. The number of rotatable bonds is 6. The smallest absolute Gasteiger partial charge is 0.0445 e. The van der Waals surface area contributed by atoms with Crippen LogP contribution in [0.5, 0.6) is 0 Å². The fourth-order valence-corrected chi connectivity index (χ4v) is 3.18. The van der Waals surface area contributed by atoms with Gasteiger partial charge in [0.05, 0.1) is 0 Å². The molecule has 18 heavy (non-hydrogen) atoms. The highest BCUT2D eigenvalue weighted by molar-refractivity contribution is 5.08. The summed E-state index contributed by atoms with van der Waals surface area (Å²) in [5.41, 5.74) is 7.84. The number of likely N-dealkylation sites (tertiary alicyclic amines) is 1. The summed E-state index contributed by atoms with van der Waals surface area (Å²) in [6.45, 7) is 8.70. The third-order valence-corrected chi connectivity index (χ3v) is 4.59. The summed E-state index contributed by atoms with van der Waals surface area (Å²) in [6.07, 6.45) is 8.79. The SMILES string of the molecule is CC(C)N1CCC(CN)(NCCC2=CCCC2)C1. The second-order valence-electron chi connectivity index (χ2n) is 6.23. The molecule has 0 aromatic carbocycles. The first kappa shape index (κ1) is 14.0. The van der Waals surface area contributed by atoms with Crippen molar-refractivity contribution in [1.29, 1.82) is 0 Å². The quantitative estimate of drug-likeness (QED) is 0.708. The summed E-state index contributed by atoms with van der Waals surface area (Å²) in [4.78, 5) is 2.54. The van der Waals surface area contributed by atoms with E-state index in [-0.39, 0.29) is 5.54 Å². The van der Waals surface area contributed by atoms with Gasteiger partial charge in [0, 0.05) is 31.2 Å². The maximum atomic E-state index is 6.02. The van der Waals surface area contributed by atoms with E-state index in [0.717, 1.165) is 19.6 Å². The van der Waals surface area contributed by atoms with Gasteiger partial charge in [-0.2, -0.15) is 0 Å². The largest absolute Gasteiger partial charge is 0.329 e. The standard InChI is InChI=1S/C15H29N3/c1-13(2)18-10-8-15(11-16,12-18)17-9-7-14-5-3-4-6-14/h5,13,17H,3-4,6-12,16H2,1-2H3. The third kappa shape index (κ3) is 3.34. The van der Waals surface area contributed by atoms with E-state index >= 15 is 0 Å². The van der Waals surface area contributed by atoms with Crippen molar-refractivity contribution in [3.05, 3.63) is 11.6 Å². The van der Waals surface area contributed by atoms with E-state index in [2.05, 4.69) is 30.1 Å². The minimum Gasteiger partial charge on any atom is -0.329 e. The van der Waals surface area contributed by atoms with Crippen LogP contribution in [-0.2, 0) is 0 Å². The molecular weight excluding hydrogens is 222 g/mol. The maximum absolute atomic E-state index is 6.02. The molecule has 3 heteroatoms. The Morgan fingerprint density at radius 3 is 2.89 bits per heavy atom. The van der Waals surface area contributed by atoms with Gasteiger partial charge in [0.15, 0.2) is 0 Å². The van der Waals surface area contributed by atoms with Gasteiger partial charge in [-0.05, 0) is 52.5 Å². The molecule has 1 aliphatic heterocycles. The third-order valence-electron chi connectivity index (χ3n) is 4.59. The molecule has 2 aliphatic rings. The van der Waals surface area contributed by atoms with Crippen molar-refractivity contribution >= 4 is 0 Å². The summed E-state index contributed by atoms with van der Waals surface area (Å²) in [6, 6.07) is 0.637. The highest BCUT2D eigenvalue weighted by Crippen LogP contribution is 2.24. The molecule has 0 aromatic heterocycles. The Labute approximate surface area is 112 Å². The van der Waals surface area contributed by atoms with E-state index in [9.17, 15) is 0 Å². The molecule has 2 rings (SSSR count). The molecule has 1 saturated heterocycles. The Hall–Kier alpha value is -0.380. The molecule has 0 saturated carbocycles. The van der Waals surface area contributed by atoms with Gasteiger partial charge in [0.2, 0.25) is 0 Å². The van der Waals surface area contributed by atoms with Crippen LogP contribution in [0.4, 0.5) is 0 Å². The van der Waals surface area contributed by atoms with Crippen molar-refractivity contribution in [1.82, 2.24) is 10.2 Å². The molecule has 1 aliphatic carbocycles. The lowest BCUT2D eigenvalue weighted by molar-refractivity contribution is 0.242. The molecule has 1 fully saturated rings. The number of allylic oxidation sites excluding steroid dienone is 1. The first-order valence-electron chi connectivity index (χ1n) is 7.52. The van der Waals surface area contributed by atoms with Crippen molar-refractivity contribution in [3.8, 4) is 0 Å². The highest BCUT2D eigenvalue weighted by atomic mass is 15.2. The van der Waals surface area contributed by atoms with Gasteiger partial charge in [0.1, 0.15) is 0 Å². The Balaban J connectivity index is 1.78. The Kier molecular flexibility index (Phi) is 4.82. The van der Waals surface area contributed by atoms with Crippen LogP contribution in [0.15, 0.2) is 11.6 Å². The van der Waals surface area contributed by atoms with Crippen molar-refractivity contribution in [2.45, 2.75) is 57.5 Å². The first-order valence-corrected chi connectivity index (χ1v) is 7.52. The zero-order chi connectivity index (χ0) is 13.0. The van der Waals surface area contributed by atoms with Crippen LogP contribution in [0.3, 0.4) is 0 Å². The van der Waals surface area contributed by atoms with E-state index in [1.807, 2.05) is 0 Å². The molecule has 104 valence electrons. The molecule has 1 atom stereocenters. The fourth-order valence-electron chi connectivity index (χ4n) is 3.18. The zero-order valence-corrected chi connectivity index (χ0v) is 12.0. The van der Waals surface area contributed by atoms with Gasteiger partial charge in [-0.25, -0.2) is 0 Å². The van der Waals surface area contributed by atoms with Crippen LogP contribution in [0.1, 0.15) is 46.0 Å². The number of nitrogens with zero attached hydrogens (tertiary/aromatic N) is 1. The van der Waals surface area contributed by atoms with E-state index < -0.39 is 0 Å². The molecule has 0 bridgehead atoms. The summed E-state index contributed by atoms with van der Waals surface area (Å²) >= 11 is 0. The van der Waals surface area contributed by atoms with Gasteiger partial charge in [-0.15, -0.1) is 0 Å². The van der Waals surface area contributed by atoms with E-state index in [0.29, 0.717) is 6.04 Å². The fraction of sp³-hybridized carbons (Fsp3) is 0.867. The van der Waals surface area contributed by atoms with Gasteiger partial charge >= 0.3 is 0 Å². The molecule has 0 aromatic rings. The van der Waals surface area contributed by atoms with Crippen LogP contribution < -0.4 is 11.1 Å². The predicted molar refractivity (Wildman–Crippen MR) is 77.7 cm³/mol. The minimum atomic E-state index is 0.170. The van der Waals surface area contributed by atoms with E-state index in [4.69, 9.17) is 5.73 Å². The minimum absolute atomic E-state index is 0.170. The molecule has 3 N–H and O–H groups in total. The van der Waals surface area contributed by atoms with Crippen molar-refractivity contribution in [2.75, 3.05) is 26.2 Å². The van der Waals surface area contributed by atoms with Crippen LogP contribution in [0.2, 0.25) is 0 Å². The molecule has 0 spiro atoms.